The summed E-state index contributed by atoms with van der Waals surface area (Å²) in [6.07, 6.45) is 7.22. The van der Waals surface area contributed by atoms with Gasteiger partial charge in [0.25, 0.3) is 0 Å². The van der Waals surface area contributed by atoms with Gasteiger partial charge >= 0.3 is 0 Å². The van der Waals surface area contributed by atoms with Gasteiger partial charge in [0.1, 0.15) is 11.0 Å². The van der Waals surface area contributed by atoms with E-state index in [9.17, 15) is 4.21 Å². The molecular weight excluding hydrogens is 270 g/mol. The number of aromatic nitrogens is 1. The molecule has 0 amide bonds. The average Bonchev–Trinajstić information content (AvgIpc) is 2.47. The summed E-state index contributed by atoms with van der Waals surface area (Å²) >= 11 is 0. The summed E-state index contributed by atoms with van der Waals surface area (Å²) in [6.45, 7) is 9.35. The molecule has 0 saturated heterocycles. The summed E-state index contributed by atoms with van der Waals surface area (Å²) in [5.74, 6) is 0.589. The third-order valence-electron chi connectivity index (χ3n) is 1.93. The Balaban J connectivity index is 0. The second-order valence-electron chi connectivity index (χ2n) is 4.20. The third kappa shape index (κ3) is 17.1. The fourth-order valence-electron chi connectivity index (χ4n) is 0.800. The lowest BCUT2D eigenvalue weighted by atomic mass is 10.4. The van der Waals surface area contributed by atoms with Gasteiger partial charge in [-0.25, -0.2) is 4.21 Å². The van der Waals surface area contributed by atoms with Crippen molar-refractivity contribution in [1.29, 1.82) is 0 Å². The maximum absolute atomic E-state index is 11.3. The van der Waals surface area contributed by atoms with Crippen molar-refractivity contribution < 1.29 is 4.21 Å². The van der Waals surface area contributed by atoms with Crippen LogP contribution >= 0.6 is 0 Å². The smallest absolute Gasteiger partial charge is 0.118 e. The number of nitrogens with zero attached hydrogens (tertiary/aromatic N) is 1. The molecule has 0 aromatic carbocycles. The van der Waals surface area contributed by atoms with Gasteiger partial charge in [-0.3, -0.25) is 4.98 Å². The molecule has 1 heterocycles. The van der Waals surface area contributed by atoms with Gasteiger partial charge in [0, 0.05) is 12.7 Å². The normalized spacial score (nSPS) is 10.4. The van der Waals surface area contributed by atoms with Gasteiger partial charge in [0.2, 0.25) is 0 Å². The van der Waals surface area contributed by atoms with Crippen LogP contribution in [0.2, 0.25) is 0 Å². The molecule has 2 N–H and O–H groups in total. The maximum Gasteiger partial charge on any atom is 0.118 e. The van der Waals surface area contributed by atoms with E-state index in [1.54, 1.807) is 18.5 Å². The molecule has 1 rings (SSSR count). The summed E-state index contributed by atoms with van der Waals surface area (Å²) in [4.78, 5) is 3.91. The summed E-state index contributed by atoms with van der Waals surface area (Å²) in [6, 6.07) is 3.64. The Morgan fingerprint density at radius 1 is 1.20 bits per heavy atom. The van der Waals surface area contributed by atoms with Crippen molar-refractivity contribution in [3.05, 3.63) is 24.5 Å². The molecule has 0 bridgehead atoms. The van der Waals surface area contributed by atoms with E-state index in [4.69, 9.17) is 0 Å². The largest absolute Gasteiger partial charge is 0.319 e. The first kappa shape index (κ1) is 21.4. The van der Waals surface area contributed by atoms with Crippen LogP contribution in [0.1, 0.15) is 47.0 Å². The number of rotatable bonds is 6. The van der Waals surface area contributed by atoms with Gasteiger partial charge in [0.15, 0.2) is 0 Å². The van der Waals surface area contributed by atoms with Crippen LogP contribution in [0, 0.1) is 0 Å². The second-order valence-corrected chi connectivity index (χ2v) is 5.51. The highest BCUT2D eigenvalue weighted by atomic mass is 32.2. The van der Waals surface area contributed by atoms with Crippen LogP contribution in [0.4, 0.5) is 5.69 Å². The molecule has 4 nitrogen and oxygen atoms in total. The third-order valence-corrected chi connectivity index (χ3v) is 2.97. The molecule has 0 saturated carbocycles. The zero-order chi connectivity index (χ0) is 15.6. The Morgan fingerprint density at radius 3 is 2.20 bits per heavy atom. The molecule has 0 spiro atoms. The molecule has 0 radical (unpaired) electrons. The van der Waals surface area contributed by atoms with Gasteiger partial charge in [-0.15, -0.1) is 0 Å². The predicted molar refractivity (Wildman–Crippen MR) is 91.3 cm³/mol. The Bertz CT molecular complexity index is 305. The zero-order valence-electron chi connectivity index (χ0n) is 13.6. The zero-order valence-corrected chi connectivity index (χ0v) is 14.4. The molecule has 1 unspecified atom stereocenters. The van der Waals surface area contributed by atoms with E-state index < -0.39 is 11.0 Å². The van der Waals surface area contributed by atoms with Crippen molar-refractivity contribution in [2.24, 2.45) is 0 Å². The van der Waals surface area contributed by atoms with Crippen molar-refractivity contribution in [2.75, 3.05) is 24.1 Å². The Morgan fingerprint density at radius 2 is 1.80 bits per heavy atom. The van der Waals surface area contributed by atoms with Gasteiger partial charge in [-0.05, 0) is 19.2 Å². The highest BCUT2D eigenvalue weighted by Gasteiger charge is 1.97. The minimum Gasteiger partial charge on any atom is -0.319 e. The van der Waals surface area contributed by atoms with Crippen LogP contribution in [-0.4, -0.2) is 28.5 Å². The summed E-state index contributed by atoms with van der Waals surface area (Å²) < 4.78 is 14.1. The molecule has 0 aliphatic rings. The first-order valence-electron chi connectivity index (χ1n) is 7.35. The minimum atomic E-state index is -1.02. The first-order valence-corrected chi connectivity index (χ1v) is 8.67. The Labute approximate surface area is 127 Å². The fraction of sp³-hybridized carbons (Fsp3) is 0.667. The average molecular weight is 302 g/mol. The van der Waals surface area contributed by atoms with Crippen molar-refractivity contribution in [1.82, 2.24) is 10.3 Å². The van der Waals surface area contributed by atoms with E-state index in [2.05, 4.69) is 42.7 Å². The Hall–Kier alpha value is -0.940. The van der Waals surface area contributed by atoms with Crippen LogP contribution in [0.3, 0.4) is 0 Å². The van der Waals surface area contributed by atoms with Crippen molar-refractivity contribution in [2.45, 2.75) is 47.0 Å². The van der Waals surface area contributed by atoms with Crippen LogP contribution in [0.5, 0.6) is 0 Å². The minimum absolute atomic E-state index is 0.589. The number of nitrogens with one attached hydrogen (secondary N) is 2. The standard InChI is InChI=1S/C8H13N3OS.C4H10.C3H8/c1-9-5-6-13(12)11-8-3-2-4-10-7-8;1-3-4-2;1-3-2/h2-4,7,9,11H,5-6H2,1H3;3-4H2,1-2H3;3H2,1-2H3. The molecule has 0 aliphatic heterocycles. The fourth-order valence-corrected chi connectivity index (χ4v) is 1.68. The molecule has 0 aliphatic carbocycles. The number of pyridine rings is 1. The van der Waals surface area contributed by atoms with E-state index in [-0.39, 0.29) is 0 Å². The second kappa shape index (κ2) is 18.1. The van der Waals surface area contributed by atoms with Gasteiger partial charge in [0.05, 0.1) is 17.6 Å². The highest BCUT2D eigenvalue weighted by molar-refractivity contribution is 7.86. The maximum atomic E-state index is 11.3. The molecule has 1 atom stereocenters. The van der Waals surface area contributed by atoms with Crippen LogP contribution in [0.15, 0.2) is 24.5 Å². The van der Waals surface area contributed by atoms with Crippen molar-refractivity contribution in [3.8, 4) is 0 Å². The lowest BCUT2D eigenvalue weighted by Gasteiger charge is -2.04. The van der Waals surface area contributed by atoms with E-state index >= 15 is 0 Å². The Kier molecular flexibility index (Phi) is 19.3. The number of anilines is 1. The van der Waals surface area contributed by atoms with Gasteiger partial charge in [-0.2, -0.15) is 0 Å². The highest BCUT2D eigenvalue weighted by Crippen LogP contribution is 2.03. The van der Waals surface area contributed by atoms with E-state index in [1.165, 1.54) is 19.3 Å². The van der Waals surface area contributed by atoms with E-state index in [1.807, 2.05) is 13.1 Å². The number of hydrogen-bond donors (Lipinski definition) is 2. The van der Waals surface area contributed by atoms with Crippen LogP contribution in [-0.2, 0) is 11.0 Å². The lowest BCUT2D eigenvalue weighted by molar-refractivity contribution is 0.683. The summed E-state index contributed by atoms with van der Waals surface area (Å²) in [5, 5.41) is 2.94. The quantitative estimate of drug-likeness (QED) is 0.844. The van der Waals surface area contributed by atoms with Crippen molar-refractivity contribution >= 4 is 16.7 Å². The van der Waals surface area contributed by atoms with Crippen molar-refractivity contribution in [3.63, 3.8) is 0 Å². The lowest BCUT2D eigenvalue weighted by Crippen LogP contribution is -2.19. The van der Waals surface area contributed by atoms with Crippen LogP contribution < -0.4 is 10.0 Å². The topological polar surface area (TPSA) is 54.0 Å². The molecule has 1 aromatic rings. The van der Waals surface area contributed by atoms with E-state index in [0.717, 1.165) is 12.2 Å². The molecular formula is C15H31N3OS. The molecule has 1 aromatic heterocycles. The van der Waals surface area contributed by atoms with E-state index in [0.29, 0.717) is 5.75 Å². The summed E-state index contributed by atoms with van der Waals surface area (Å²) in [7, 11) is 0.811. The molecule has 20 heavy (non-hydrogen) atoms. The molecule has 118 valence electrons. The van der Waals surface area contributed by atoms with Gasteiger partial charge in [-0.1, -0.05) is 47.0 Å². The molecule has 0 fully saturated rings. The number of hydrogen-bond acceptors (Lipinski definition) is 3. The SMILES string of the molecule is CCC.CCCC.CNCCS(=O)Nc1cccnc1. The summed E-state index contributed by atoms with van der Waals surface area (Å²) in [5.41, 5.74) is 0.789. The van der Waals surface area contributed by atoms with Crippen LogP contribution in [0.25, 0.3) is 0 Å². The first-order chi connectivity index (χ1) is 9.65. The van der Waals surface area contributed by atoms with Gasteiger partial charge < -0.3 is 10.0 Å². The number of unbranched alkanes of at least 4 members (excludes halogenated alkanes) is 1. The predicted octanol–water partition coefficient (Wildman–Crippen LogP) is 3.60. The molecule has 5 heteroatoms. The monoisotopic (exact) mass is 301 g/mol.